The van der Waals surface area contributed by atoms with Crippen molar-refractivity contribution in [2.24, 2.45) is 0 Å². The van der Waals surface area contributed by atoms with E-state index in [2.05, 4.69) is 25.9 Å². The first kappa shape index (κ1) is 26.0. The minimum atomic E-state index is -1.07. The maximum absolute atomic E-state index is 13.7. The van der Waals surface area contributed by atoms with Crippen LogP contribution in [-0.4, -0.2) is 43.4 Å². The highest BCUT2D eigenvalue weighted by Gasteiger charge is 2.49. The molecule has 40 heavy (non-hydrogen) atoms. The van der Waals surface area contributed by atoms with Crippen LogP contribution >= 0.6 is 27.3 Å². The van der Waals surface area contributed by atoms with Crippen molar-refractivity contribution in [3.05, 3.63) is 86.8 Å². The van der Waals surface area contributed by atoms with Gasteiger partial charge in [-0.05, 0) is 83.7 Å². The smallest absolute Gasteiger partial charge is 0.301 e. The van der Waals surface area contributed by atoms with Crippen LogP contribution in [0.4, 0.5) is 5.13 Å². The number of fused-ring (bicyclic) bond motifs is 2. The van der Waals surface area contributed by atoms with Crippen molar-refractivity contribution in [1.82, 2.24) is 14.4 Å². The van der Waals surface area contributed by atoms with Crippen molar-refractivity contribution in [3.63, 3.8) is 0 Å². The fourth-order valence-corrected chi connectivity index (χ4v) is 6.60. The molecule has 1 saturated heterocycles. The maximum Gasteiger partial charge on any atom is 0.301 e. The lowest BCUT2D eigenvalue weighted by atomic mass is 9.96. The number of thiazole rings is 1. The first-order valence-electron chi connectivity index (χ1n) is 12.3. The third kappa shape index (κ3) is 3.88. The molecule has 1 aliphatic heterocycles. The summed E-state index contributed by atoms with van der Waals surface area (Å²) < 4.78 is 8.34. The lowest BCUT2D eigenvalue weighted by Gasteiger charge is -2.23. The third-order valence-corrected chi connectivity index (χ3v) is 8.70. The fourth-order valence-electron chi connectivity index (χ4n) is 5.05. The Kier molecular flexibility index (Phi) is 6.15. The number of aryl methyl sites for hydroxylation is 3. The van der Waals surface area contributed by atoms with E-state index in [1.54, 1.807) is 13.0 Å². The van der Waals surface area contributed by atoms with Crippen molar-refractivity contribution in [1.29, 1.82) is 0 Å². The van der Waals surface area contributed by atoms with E-state index < -0.39 is 23.5 Å². The predicted molar refractivity (Wildman–Crippen MR) is 156 cm³/mol. The van der Waals surface area contributed by atoms with Gasteiger partial charge in [-0.25, -0.2) is 9.97 Å². The number of pyridine rings is 1. The number of ether oxygens (including phenoxy) is 1. The molecule has 2 N–H and O–H groups in total. The van der Waals surface area contributed by atoms with Gasteiger partial charge in [0.2, 0.25) is 0 Å². The van der Waals surface area contributed by atoms with Gasteiger partial charge < -0.3 is 19.4 Å². The number of halogens is 1. The van der Waals surface area contributed by atoms with Crippen molar-refractivity contribution < 1.29 is 24.5 Å². The number of anilines is 1. The molecule has 1 unspecified atom stereocenters. The number of ketones is 1. The van der Waals surface area contributed by atoms with Crippen LogP contribution in [0.5, 0.6) is 11.5 Å². The van der Waals surface area contributed by atoms with E-state index >= 15 is 0 Å². The van der Waals surface area contributed by atoms with Gasteiger partial charge in [-0.2, -0.15) is 0 Å². The van der Waals surface area contributed by atoms with Crippen LogP contribution in [0.1, 0.15) is 34.1 Å². The number of nitrogens with zero attached hydrogens (tertiary/aromatic N) is 4. The number of aliphatic hydroxyl groups excluding tert-OH is 1. The maximum atomic E-state index is 13.7. The molecule has 3 aromatic heterocycles. The molecular formula is C29H23BrN4O5S. The van der Waals surface area contributed by atoms with Gasteiger partial charge in [0.15, 0.2) is 22.4 Å². The number of carbonyl (C=O) groups is 2. The minimum absolute atomic E-state index is 0.134. The van der Waals surface area contributed by atoms with E-state index in [-0.39, 0.29) is 22.8 Å². The summed E-state index contributed by atoms with van der Waals surface area (Å²) in [4.78, 5) is 38.0. The molecule has 1 atom stereocenters. The van der Waals surface area contributed by atoms with Crippen LogP contribution in [-0.2, 0) is 9.59 Å². The number of phenols is 1. The number of imidazole rings is 1. The number of phenolic OH excluding ortho intramolecular Hbond substituents is 1. The van der Waals surface area contributed by atoms with Gasteiger partial charge in [0, 0.05) is 6.20 Å². The summed E-state index contributed by atoms with van der Waals surface area (Å²) in [6.45, 7) is 5.65. The Labute approximate surface area is 241 Å². The molecule has 0 radical (unpaired) electrons. The zero-order valence-electron chi connectivity index (χ0n) is 21.9. The number of Topliss-reactive ketones (excluding diaryl/α,β-unsaturated/α-hetero) is 1. The molecule has 0 spiro atoms. The van der Waals surface area contributed by atoms with Crippen LogP contribution in [0.15, 0.2) is 58.7 Å². The number of amides is 1. The highest BCUT2D eigenvalue weighted by Crippen LogP contribution is 2.47. The van der Waals surface area contributed by atoms with Gasteiger partial charge in [0.05, 0.1) is 39.1 Å². The van der Waals surface area contributed by atoms with Gasteiger partial charge in [-0.1, -0.05) is 23.5 Å². The van der Waals surface area contributed by atoms with Crippen LogP contribution in [0.2, 0.25) is 0 Å². The number of aromatic nitrogens is 3. The Morgan fingerprint density at radius 1 is 1.10 bits per heavy atom. The summed E-state index contributed by atoms with van der Waals surface area (Å²) >= 11 is 4.62. The second kappa shape index (κ2) is 9.46. The van der Waals surface area contributed by atoms with E-state index in [0.717, 1.165) is 15.8 Å². The van der Waals surface area contributed by atoms with E-state index in [9.17, 15) is 19.8 Å². The van der Waals surface area contributed by atoms with Crippen LogP contribution < -0.4 is 9.64 Å². The Hall–Kier alpha value is -4.22. The molecular weight excluding hydrogens is 596 g/mol. The molecule has 0 bridgehead atoms. The van der Waals surface area contributed by atoms with Gasteiger partial charge in [-0.3, -0.25) is 14.5 Å². The van der Waals surface area contributed by atoms with Crippen LogP contribution in [0, 0.1) is 20.8 Å². The van der Waals surface area contributed by atoms with Gasteiger partial charge in [0.1, 0.15) is 11.3 Å². The Balaban J connectivity index is 1.63. The summed E-state index contributed by atoms with van der Waals surface area (Å²) in [5.74, 6) is -2.09. The van der Waals surface area contributed by atoms with Gasteiger partial charge >= 0.3 is 5.91 Å². The van der Waals surface area contributed by atoms with Gasteiger partial charge in [-0.15, -0.1) is 0 Å². The number of aromatic hydroxyl groups is 1. The van der Waals surface area contributed by atoms with E-state index in [0.29, 0.717) is 32.0 Å². The number of hydrogen-bond donors (Lipinski definition) is 2. The molecule has 5 aromatic rings. The average Bonchev–Trinajstić information content (AvgIpc) is 3.57. The quantitative estimate of drug-likeness (QED) is 0.145. The first-order chi connectivity index (χ1) is 19.1. The molecule has 1 amide bonds. The molecule has 202 valence electrons. The summed E-state index contributed by atoms with van der Waals surface area (Å²) in [7, 11) is 1.40. The average molecular weight is 619 g/mol. The Morgan fingerprint density at radius 2 is 1.88 bits per heavy atom. The van der Waals surface area contributed by atoms with Crippen molar-refractivity contribution in [2.75, 3.05) is 12.0 Å². The number of methoxy groups -OCH3 is 1. The number of aliphatic hydroxyl groups is 1. The SMILES string of the molecule is COc1cc(C2/C(=C(\O)c3nc4c(C)cccn4c3C)C(=O)C(=O)N2c2nc3ccc(C)cc3s2)cc(Br)c1O. The number of hydrogen-bond acceptors (Lipinski definition) is 8. The van der Waals surface area contributed by atoms with Crippen molar-refractivity contribution in [3.8, 4) is 11.5 Å². The van der Waals surface area contributed by atoms with E-state index in [1.165, 1.54) is 29.4 Å². The third-order valence-electron chi connectivity index (χ3n) is 7.08. The van der Waals surface area contributed by atoms with Gasteiger partial charge in [0.25, 0.3) is 5.78 Å². The number of benzene rings is 2. The van der Waals surface area contributed by atoms with E-state index in [4.69, 9.17) is 4.74 Å². The first-order valence-corrected chi connectivity index (χ1v) is 13.9. The lowest BCUT2D eigenvalue weighted by Crippen LogP contribution is -2.29. The molecule has 0 aliphatic carbocycles. The Morgan fingerprint density at radius 3 is 2.60 bits per heavy atom. The molecule has 9 nitrogen and oxygen atoms in total. The summed E-state index contributed by atoms with van der Waals surface area (Å²) in [5, 5.41) is 22.5. The highest BCUT2D eigenvalue weighted by atomic mass is 79.9. The molecule has 1 aliphatic rings. The van der Waals surface area contributed by atoms with Crippen LogP contribution in [0.3, 0.4) is 0 Å². The zero-order valence-corrected chi connectivity index (χ0v) is 24.3. The standard InChI is InChI=1S/C29H23BrN4O5S/c1-13-7-8-18-20(10-13)40-29(31-18)34-23(16-11-17(30)24(35)19(12-16)39-4)21(26(37)28(34)38)25(36)22-15(3)33-9-5-6-14(2)27(33)32-22/h5-12,23,35-36H,1-4H3/b25-21+. The van der Waals surface area contributed by atoms with Crippen LogP contribution in [0.25, 0.3) is 21.6 Å². The molecule has 6 rings (SSSR count). The topological polar surface area (TPSA) is 117 Å². The summed E-state index contributed by atoms with van der Waals surface area (Å²) in [5.41, 5.74) is 4.33. The highest BCUT2D eigenvalue weighted by molar-refractivity contribution is 9.10. The number of carbonyl (C=O) groups excluding carboxylic acids is 2. The summed E-state index contributed by atoms with van der Waals surface area (Å²) in [6, 6.07) is 11.6. The number of rotatable bonds is 4. The monoisotopic (exact) mass is 618 g/mol. The van der Waals surface area contributed by atoms with E-state index in [1.807, 2.05) is 54.8 Å². The Bertz CT molecular complexity index is 1920. The second-order valence-corrected chi connectivity index (χ2v) is 11.5. The second-order valence-electron chi connectivity index (χ2n) is 9.62. The molecule has 2 aromatic carbocycles. The zero-order chi connectivity index (χ0) is 28.5. The molecule has 1 fully saturated rings. The van der Waals surface area contributed by atoms with Crippen molar-refractivity contribution in [2.45, 2.75) is 26.8 Å². The predicted octanol–water partition coefficient (Wildman–Crippen LogP) is 5.97. The molecule has 4 heterocycles. The summed E-state index contributed by atoms with van der Waals surface area (Å²) in [6.07, 6.45) is 1.82. The normalized spacial score (nSPS) is 16.9. The largest absolute Gasteiger partial charge is 0.505 e. The molecule has 11 heteroatoms. The minimum Gasteiger partial charge on any atom is -0.505 e. The fraction of sp³-hybridized carbons (Fsp3) is 0.172. The molecule has 0 saturated carbocycles. The van der Waals surface area contributed by atoms with Crippen molar-refractivity contribution >= 4 is 65.7 Å². The lowest BCUT2D eigenvalue weighted by molar-refractivity contribution is -0.132.